The quantitative estimate of drug-likeness (QED) is 0.684. The standard InChI is InChI=1S/C25H24N2O5/c28-21-9-15-12-27(25(29)19-3-1-5-20-18(19)4-2-8-26-20)13-16(15)10-23(21)32-17-6-7-22-24(11-17)31-14-30-22/h1-8,11,15-16,21,23,28H,9-10,12-14H2/t15-,16+,21+,23+/m0/s1. The maximum absolute atomic E-state index is 13.3. The number of aromatic nitrogens is 1. The van der Waals surface area contributed by atoms with Gasteiger partial charge in [0.2, 0.25) is 6.79 Å². The second kappa shape index (κ2) is 7.67. The summed E-state index contributed by atoms with van der Waals surface area (Å²) < 4.78 is 16.9. The third-order valence-corrected chi connectivity index (χ3v) is 6.88. The van der Waals surface area contributed by atoms with Crippen LogP contribution in [0, 0.1) is 11.8 Å². The summed E-state index contributed by atoms with van der Waals surface area (Å²) in [5.41, 5.74) is 1.51. The number of amides is 1. The van der Waals surface area contributed by atoms with Gasteiger partial charge in [0.1, 0.15) is 11.9 Å². The lowest BCUT2D eigenvalue weighted by atomic mass is 9.78. The number of aliphatic hydroxyl groups excluding tert-OH is 1. The lowest BCUT2D eigenvalue weighted by Crippen LogP contribution is -2.42. The van der Waals surface area contributed by atoms with Crippen LogP contribution < -0.4 is 14.2 Å². The van der Waals surface area contributed by atoms with E-state index in [0.29, 0.717) is 54.7 Å². The first-order valence-electron chi connectivity index (χ1n) is 11.0. The van der Waals surface area contributed by atoms with Crippen LogP contribution >= 0.6 is 0 Å². The van der Waals surface area contributed by atoms with Gasteiger partial charge in [-0.05, 0) is 55.0 Å². The van der Waals surface area contributed by atoms with Crippen LogP contribution in [0.15, 0.2) is 54.7 Å². The van der Waals surface area contributed by atoms with Crippen LogP contribution in [0.4, 0.5) is 0 Å². The van der Waals surface area contributed by atoms with E-state index in [0.717, 1.165) is 10.9 Å². The number of nitrogens with zero attached hydrogens (tertiary/aromatic N) is 2. The summed E-state index contributed by atoms with van der Waals surface area (Å²) in [4.78, 5) is 19.6. The van der Waals surface area contributed by atoms with Crippen molar-refractivity contribution in [2.24, 2.45) is 11.8 Å². The van der Waals surface area contributed by atoms with Crippen molar-refractivity contribution < 1.29 is 24.1 Å². The van der Waals surface area contributed by atoms with Crippen LogP contribution in [-0.4, -0.2) is 53.0 Å². The van der Waals surface area contributed by atoms with E-state index in [9.17, 15) is 9.90 Å². The zero-order valence-electron chi connectivity index (χ0n) is 17.5. The highest BCUT2D eigenvalue weighted by Crippen LogP contribution is 2.40. The van der Waals surface area contributed by atoms with E-state index >= 15 is 0 Å². The molecule has 7 heteroatoms. The molecule has 0 bridgehead atoms. The number of hydrogen-bond acceptors (Lipinski definition) is 6. The first-order valence-corrected chi connectivity index (χ1v) is 11.0. The average molecular weight is 432 g/mol. The Morgan fingerprint density at radius 1 is 1.03 bits per heavy atom. The monoisotopic (exact) mass is 432 g/mol. The molecule has 1 saturated heterocycles. The van der Waals surface area contributed by atoms with Crippen LogP contribution in [0.3, 0.4) is 0 Å². The van der Waals surface area contributed by atoms with E-state index in [1.807, 2.05) is 47.4 Å². The van der Waals surface area contributed by atoms with Crippen LogP contribution in [0.5, 0.6) is 17.2 Å². The number of fused-ring (bicyclic) bond motifs is 3. The summed E-state index contributed by atoms with van der Waals surface area (Å²) in [6.07, 6.45) is 2.19. The van der Waals surface area contributed by atoms with Gasteiger partial charge < -0.3 is 24.2 Å². The number of benzene rings is 2. The molecule has 7 nitrogen and oxygen atoms in total. The molecular formula is C25H24N2O5. The van der Waals surface area contributed by atoms with Gasteiger partial charge in [0.15, 0.2) is 11.5 Å². The van der Waals surface area contributed by atoms with Crippen molar-refractivity contribution in [1.29, 1.82) is 0 Å². The summed E-state index contributed by atoms with van der Waals surface area (Å²) >= 11 is 0. The zero-order valence-corrected chi connectivity index (χ0v) is 17.5. The molecule has 6 rings (SSSR count). The maximum Gasteiger partial charge on any atom is 0.254 e. The Morgan fingerprint density at radius 2 is 1.88 bits per heavy atom. The number of pyridine rings is 1. The minimum atomic E-state index is -0.571. The first kappa shape index (κ1) is 19.4. The highest BCUT2D eigenvalue weighted by molar-refractivity contribution is 6.06. The van der Waals surface area contributed by atoms with Gasteiger partial charge in [0.05, 0.1) is 11.6 Å². The molecule has 32 heavy (non-hydrogen) atoms. The smallest absolute Gasteiger partial charge is 0.254 e. The number of likely N-dealkylation sites (tertiary alicyclic amines) is 1. The van der Waals surface area contributed by atoms with E-state index in [1.165, 1.54) is 0 Å². The van der Waals surface area contributed by atoms with Crippen LogP contribution in [0.2, 0.25) is 0 Å². The molecule has 3 aromatic rings. The summed E-state index contributed by atoms with van der Waals surface area (Å²) in [5, 5.41) is 11.6. The second-order valence-electron chi connectivity index (χ2n) is 8.82. The lowest BCUT2D eigenvalue weighted by Gasteiger charge is -2.35. The topological polar surface area (TPSA) is 81.1 Å². The largest absolute Gasteiger partial charge is 0.488 e. The Kier molecular flexibility index (Phi) is 4.64. The van der Waals surface area contributed by atoms with Gasteiger partial charge >= 0.3 is 0 Å². The molecule has 1 saturated carbocycles. The normalized spacial score (nSPS) is 26.2. The molecule has 0 unspecified atom stereocenters. The molecule has 0 radical (unpaired) electrons. The fraction of sp³-hybridized carbons (Fsp3) is 0.360. The summed E-state index contributed by atoms with van der Waals surface area (Å²) in [5.74, 6) is 2.63. The van der Waals surface area contributed by atoms with Gasteiger partial charge in [0.25, 0.3) is 5.91 Å². The van der Waals surface area contributed by atoms with E-state index < -0.39 is 6.10 Å². The molecule has 2 aromatic carbocycles. The van der Waals surface area contributed by atoms with E-state index in [2.05, 4.69) is 4.98 Å². The molecule has 1 aliphatic carbocycles. The predicted molar refractivity (Wildman–Crippen MR) is 117 cm³/mol. The van der Waals surface area contributed by atoms with Crippen molar-refractivity contribution >= 4 is 16.8 Å². The molecule has 1 aromatic heterocycles. The number of hydrogen-bond donors (Lipinski definition) is 1. The maximum atomic E-state index is 13.3. The van der Waals surface area contributed by atoms with Crippen molar-refractivity contribution in [3.63, 3.8) is 0 Å². The first-order chi connectivity index (χ1) is 15.7. The number of aliphatic hydroxyl groups is 1. The fourth-order valence-corrected chi connectivity index (χ4v) is 5.27. The summed E-state index contributed by atoms with van der Waals surface area (Å²) in [7, 11) is 0. The predicted octanol–water partition coefficient (Wildman–Crippen LogP) is 3.25. The molecule has 1 amide bonds. The van der Waals surface area contributed by atoms with Gasteiger partial charge in [0, 0.05) is 36.3 Å². The highest BCUT2D eigenvalue weighted by atomic mass is 16.7. The van der Waals surface area contributed by atoms with Crippen molar-refractivity contribution in [2.75, 3.05) is 19.9 Å². The Labute approximate surface area is 185 Å². The Hall–Kier alpha value is -3.32. The number of carbonyl (C=O) groups is 1. The molecule has 164 valence electrons. The lowest BCUT2D eigenvalue weighted by molar-refractivity contribution is -0.0232. The van der Waals surface area contributed by atoms with Crippen LogP contribution in [0.25, 0.3) is 10.9 Å². The van der Waals surface area contributed by atoms with Crippen LogP contribution in [0.1, 0.15) is 23.2 Å². The highest BCUT2D eigenvalue weighted by Gasteiger charge is 2.44. The van der Waals surface area contributed by atoms with Crippen molar-refractivity contribution in [2.45, 2.75) is 25.0 Å². The number of carbonyl (C=O) groups excluding carboxylic acids is 1. The number of ether oxygens (including phenoxy) is 3. The molecule has 2 aliphatic heterocycles. The van der Waals surface area contributed by atoms with E-state index in [1.54, 1.807) is 12.3 Å². The van der Waals surface area contributed by atoms with Crippen molar-refractivity contribution in [3.05, 3.63) is 60.3 Å². The van der Waals surface area contributed by atoms with Crippen molar-refractivity contribution in [1.82, 2.24) is 9.88 Å². The zero-order chi connectivity index (χ0) is 21.7. The van der Waals surface area contributed by atoms with Gasteiger partial charge in [-0.2, -0.15) is 0 Å². The van der Waals surface area contributed by atoms with Crippen molar-refractivity contribution in [3.8, 4) is 17.2 Å². The van der Waals surface area contributed by atoms with Crippen LogP contribution in [-0.2, 0) is 0 Å². The van der Waals surface area contributed by atoms with Gasteiger partial charge in [-0.25, -0.2) is 0 Å². The molecule has 0 spiro atoms. The van der Waals surface area contributed by atoms with Gasteiger partial charge in [-0.15, -0.1) is 0 Å². The second-order valence-corrected chi connectivity index (χ2v) is 8.82. The Morgan fingerprint density at radius 3 is 2.78 bits per heavy atom. The van der Waals surface area contributed by atoms with E-state index in [-0.39, 0.29) is 24.7 Å². The van der Waals surface area contributed by atoms with Gasteiger partial charge in [-0.3, -0.25) is 9.78 Å². The number of rotatable bonds is 3. The molecular weight excluding hydrogens is 408 g/mol. The SMILES string of the molecule is O=C(c1cccc2ncccc12)N1C[C@H]2C[C@@H](Oc3ccc4c(c3)OCO4)[C@H](O)C[C@H]2C1. The molecule has 3 aliphatic rings. The third kappa shape index (κ3) is 3.33. The Balaban J connectivity index is 1.17. The molecule has 1 N–H and O–H groups in total. The van der Waals surface area contributed by atoms with Gasteiger partial charge in [-0.1, -0.05) is 12.1 Å². The van der Waals surface area contributed by atoms with E-state index in [4.69, 9.17) is 14.2 Å². The summed E-state index contributed by atoms with van der Waals surface area (Å²) in [6, 6.07) is 14.9. The minimum Gasteiger partial charge on any atom is -0.488 e. The average Bonchev–Trinajstić information content (AvgIpc) is 3.45. The summed E-state index contributed by atoms with van der Waals surface area (Å²) in [6.45, 7) is 1.55. The molecule has 2 fully saturated rings. The Bertz CT molecular complexity index is 1180. The minimum absolute atomic E-state index is 0.0285. The fourth-order valence-electron chi connectivity index (χ4n) is 5.27. The third-order valence-electron chi connectivity index (χ3n) is 6.88. The molecule has 4 atom stereocenters. The molecule has 3 heterocycles.